The average Bonchev–Trinajstić information content (AvgIpc) is 2.79. The summed E-state index contributed by atoms with van der Waals surface area (Å²) in [4.78, 5) is 2.26. The van der Waals surface area contributed by atoms with Crippen molar-refractivity contribution in [3.8, 4) is 6.07 Å². The second-order valence-electron chi connectivity index (χ2n) is 5.34. The van der Waals surface area contributed by atoms with Crippen molar-refractivity contribution in [3.63, 3.8) is 0 Å². The molecule has 0 spiro atoms. The molecule has 1 aliphatic rings. The number of nitrogens with zero attached hydrogens (tertiary/aromatic N) is 2. The summed E-state index contributed by atoms with van der Waals surface area (Å²) in [7, 11) is -2.85. The topological polar surface area (TPSA) is 61.2 Å². The van der Waals surface area contributed by atoms with Gasteiger partial charge in [0.2, 0.25) is 0 Å². The predicted octanol–water partition coefficient (Wildman–Crippen LogP) is 1.96. The Balaban J connectivity index is 2.07. The molecule has 0 bridgehead atoms. The molecule has 1 aromatic rings. The van der Waals surface area contributed by atoms with Gasteiger partial charge in [0.25, 0.3) is 0 Å². The molecule has 0 aromatic heterocycles. The zero-order valence-corrected chi connectivity index (χ0v) is 12.6. The van der Waals surface area contributed by atoms with Gasteiger partial charge in [-0.05, 0) is 37.1 Å². The summed E-state index contributed by atoms with van der Waals surface area (Å²) in [6, 6.07) is 9.76. The minimum absolute atomic E-state index is 0.135. The number of sulfone groups is 1. The van der Waals surface area contributed by atoms with Crippen LogP contribution in [0.3, 0.4) is 0 Å². The van der Waals surface area contributed by atoms with Crippen molar-refractivity contribution in [1.29, 1.82) is 5.26 Å². The molecule has 1 fully saturated rings. The van der Waals surface area contributed by atoms with Crippen LogP contribution in [0, 0.1) is 11.3 Å². The molecule has 1 aliphatic heterocycles. The molecule has 0 N–H and O–H groups in total. The predicted molar refractivity (Wildman–Crippen MR) is 78.9 cm³/mol. The van der Waals surface area contributed by atoms with E-state index in [0.29, 0.717) is 11.3 Å². The summed E-state index contributed by atoms with van der Waals surface area (Å²) in [5.41, 5.74) is 1.78. The molecule has 1 atom stereocenters. The van der Waals surface area contributed by atoms with Gasteiger partial charge in [-0.2, -0.15) is 5.26 Å². The van der Waals surface area contributed by atoms with Crippen LogP contribution in [0.5, 0.6) is 0 Å². The molecule has 0 aliphatic carbocycles. The fourth-order valence-electron chi connectivity index (χ4n) is 2.66. The first-order valence-corrected chi connectivity index (χ1v) is 8.79. The monoisotopic (exact) mass is 292 g/mol. The second-order valence-corrected chi connectivity index (χ2v) is 7.56. The maximum atomic E-state index is 11.6. The summed E-state index contributed by atoms with van der Waals surface area (Å²) >= 11 is 0. The third-order valence-corrected chi connectivity index (χ3v) is 5.45. The van der Waals surface area contributed by atoms with E-state index in [1.807, 2.05) is 24.3 Å². The molecule has 0 saturated carbocycles. The first-order chi connectivity index (χ1) is 9.54. The van der Waals surface area contributed by atoms with Gasteiger partial charge in [0, 0.05) is 12.6 Å². The molecule has 1 saturated heterocycles. The molecule has 0 unspecified atom stereocenters. The Morgan fingerprint density at radius 2 is 2.05 bits per heavy atom. The van der Waals surface area contributed by atoms with Crippen molar-refractivity contribution in [1.82, 2.24) is 4.90 Å². The highest BCUT2D eigenvalue weighted by Crippen LogP contribution is 2.20. The minimum atomic E-state index is -2.85. The van der Waals surface area contributed by atoms with E-state index in [1.54, 1.807) is 0 Å². The lowest BCUT2D eigenvalue weighted by atomic mass is 10.1. The lowest BCUT2D eigenvalue weighted by Gasteiger charge is -2.27. The van der Waals surface area contributed by atoms with Crippen LogP contribution in [-0.2, 0) is 16.4 Å². The van der Waals surface area contributed by atoms with Crippen LogP contribution in [0.2, 0.25) is 0 Å². The highest BCUT2D eigenvalue weighted by atomic mass is 32.2. The normalized spacial score (nSPS) is 20.9. The Labute approximate surface area is 120 Å². The smallest absolute Gasteiger partial charge is 0.151 e. The molecule has 4 nitrogen and oxygen atoms in total. The minimum Gasteiger partial charge on any atom is -0.295 e. The highest BCUT2D eigenvalue weighted by molar-refractivity contribution is 7.91. The first kappa shape index (κ1) is 15.0. The van der Waals surface area contributed by atoms with Crippen LogP contribution in [0.4, 0.5) is 0 Å². The van der Waals surface area contributed by atoms with E-state index in [9.17, 15) is 8.42 Å². The third-order valence-electron chi connectivity index (χ3n) is 3.70. The van der Waals surface area contributed by atoms with Crippen molar-refractivity contribution < 1.29 is 8.42 Å². The molecular formula is C15H20N2O2S. The van der Waals surface area contributed by atoms with Crippen molar-refractivity contribution in [2.45, 2.75) is 32.4 Å². The van der Waals surface area contributed by atoms with Crippen LogP contribution in [0.15, 0.2) is 24.3 Å². The van der Waals surface area contributed by atoms with Crippen molar-refractivity contribution in [2.24, 2.45) is 0 Å². The number of hydrogen-bond acceptors (Lipinski definition) is 4. The van der Waals surface area contributed by atoms with Crippen molar-refractivity contribution in [3.05, 3.63) is 35.4 Å². The standard InChI is InChI=1S/C15H20N2O2S/c1-2-8-17(15-7-9-20(18,19)12-15)11-14-5-3-13(10-16)4-6-14/h3-6,15H,2,7-9,11-12H2,1H3/t15-/m1/s1. The summed E-state index contributed by atoms with van der Waals surface area (Å²) in [5, 5.41) is 8.80. The zero-order chi connectivity index (χ0) is 14.6. The number of benzene rings is 1. The third kappa shape index (κ3) is 3.81. The van der Waals surface area contributed by atoms with Gasteiger partial charge in [0.1, 0.15) is 0 Å². The van der Waals surface area contributed by atoms with Crippen LogP contribution in [0.1, 0.15) is 30.9 Å². The van der Waals surface area contributed by atoms with Gasteiger partial charge in [0.05, 0.1) is 23.1 Å². The number of nitriles is 1. The Hall–Kier alpha value is -1.38. The summed E-state index contributed by atoms with van der Waals surface area (Å²) < 4.78 is 23.2. The molecule has 2 rings (SSSR count). The average molecular weight is 292 g/mol. The Morgan fingerprint density at radius 1 is 1.35 bits per heavy atom. The molecule has 108 valence electrons. The van der Waals surface area contributed by atoms with Crippen LogP contribution in [-0.4, -0.2) is 37.4 Å². The maximum absolute atomic E-state index is 11.6. The fraction of sp³-hybridized carbons (Fsp3) is 0.533. The van der Waals surface area contributed by atoms with E-state index in [-0.39, 0.29) is 11.8 Å². The van der Waals surface area contributed by atoms with Crippen LogP contribution in [0.25, 0.3) is 0 Å². The maximum Gasteiger partial charge on any atom is 0.151 e. The van der Waals surface area contributed by atoms with E-state index in [0.717, 1.165) is 31.5 Å². The van der Waals surface area contributed by atoms with Crippen LogP contribution < -0.4 is 0 Å². The molecule has 20 heavy (non-hydrogen) atoms. The largest absolute Gasteiger partial charge is 0.295 e. The number of hydrogen-bond donors (Lipinski definition) is 0. The first-order valence-electron chi connectivity index (χ1n) is 6.97. The van der Waals surface area contributed by atoms with Gasteiger partial charge in [-0.3, -0.25) is 4.90 Å². The summed E-state index contributed by atoms with van der Waals surface area (Å²) in [6.07, 6.45) is 1.74. The number of rotatable bonds is 5. The van der Waals surface area contributed by atoms with Gasteiger partial charge in [-0.15, -0.1) is 0 Å². The lowest BCUT2D eigenvalue weighted by molar-refractivity contribution is 0.204. The van der Waals surface area contributed by atoms with Crippen LogP contribution >= 0.6 is 0 Å². The van der Waals surface area contributed by atoms with Gasteiger partial charge in [0.15, 0.2) is 9.84 Å². The highest BCUT2D eigenvalue weighted by Gasteiger charge is 2.31. The molecule has 1 heterocycles. The SMILES string of the molecule is CCCN(Cc1ccc(C#N)cc1)[C@@H]1CCS(=O)(=O)C1. The lowest BCUT2D eigenvalue weighted by Crippen LogP contribution is -2.36. The fourth-order valence-corrected chi connectivity index (χ4v) is 4.42. The molecule has 0 amide bonds. The Morgan fingerprint density at radius 3 is 2.55 bits per heavy atom. The summed E-state index contributed by atoms with van der Waals surface area (Å²) in [5.74, 6) is 0.592. The molecule has 0 radical (unpaired) electrons. The molecule has 1 aromatic carbocycles. The van der Waals surface area contributed by atoms with E-state index in [4.69, 9.17) is 5.26 Å². The molecular weight excluding hydrogens is 272 g/mol. The van der Waals surface area contributed by atoms with E-state index >= 15 is 0 Å². The van der Waals surface area contributed by atoms with Gasteiger partial charge in [-0.1, -0.05) is 19.1 Å². The van der Waals surface area contributed by atoms with Crippen molar-refractivity contribution >= 4 is 9.84 Å². The van der Waals surface area contributed by atoms with E-state index in [1.165, 1.54) is 0 Å². The quantitative estimate of drug-likeness (QED) is 0.832. The van der Waals surface area contributed by atoms with E-state index in [2.05, 4.69) is 17.9 Å². The Kier molecular flexibility index (Phi) is 4.79. The van der Waals surface area contributed by atoms with Gasteiger partial charge >= 0.3 is 0 Å². The van der Waals surface area contributed by atoms with E-state index < -0.39 is 9.84 Å². The van der Waals surface area contributed by atoms with Crippen molar-refractivity contribution in [2.75, 3.05) is 18.1 Å². The second kappa shape index (κ2) is 6.38. The van der Waals surface area contributed by atoms with Gasteiger partial charge in [-0.25, -0.2) is 8.42 Å². The molecule has 5 heteroatoms. The van der Waals surface area contributed by atoms with Gasteiger partial charge < -0.3 is 0 Å². The Bertz CT molecular complexity index is 587. The summed E-state index contributed by atoms with van der Waals surface area (Å²) in [6.45, 7) is 3.76. The zero-order valence-electron chi connectivity index (χ0n) is 11.7.